The molecule has 1 unspecified atom stereocenters. The van der Waals surface area contributed by atoms with Crippen LogP contribution < -0.4 is 10.6 Å². The highest BCUT2D eigenvalue weighted by atomic mass is 32.1. The van der Waals surface area contributed by atoms with Crippen molar-refractivity contribution in [2.24, 2.45) is 0 Å². The van der Waals surface area contributed by atoms with Gasteiger partial charge >= 0.3 is 6.03 Å². The molecule has 1 aliphatic carbocycles. The van der Waals surface area contributed by atoms with Gasteiger partial charge in [-0.2, -0.15) is 0 Å². The molecule has 1 aliphatic rings. The average Bonchev–Trinajstić information content (AvgIpc) is 2.97. The molecule has 2 N–H and O–H groups in total. The van der Waals surface area contributed by atoms with E-state index in [9.17, 15) is 4.79 Å². The van der Waals surface area contributed by atoms with Gasteiger partial charge in [0.2, 0.25) is 0 Å². The summed E-state index contributed by atoms with van der Waals surface area (Å²) < 4.78 is 0. The Morgan fingerprint density at radius 1 is 1.40 bits per heavy atom. The van der Waals surface area contributed by atoms with Gasteiger partial charge in [-0.1, -0.05) is 33.6 Å². The summed E-state index contributed by atoms with van der Waals surface area (Å²) >= 11 is 1.62. The molecule has 0 radical (unpaired) electrons. The van der Waals surface area contributed by atoms with Crippen LogP contribution in [-0.4, -0.2) is 17.1 Å². The Hall–Kier alpha value is -1.10. The van der Waals surface area contributed by atoms with Crippen LogP contribution in [0, 0.1) is 0 Å². The number of nitrogens with zero attached hydrogens (tertiary/aromatic N) is 1. The first-order valence-corrected chi connectivity index (χ1v) is 8.27. The number of amides is 2. The van der Waals surface area contributed by atoms with Gasteiger partial charge in [0.25, 0.3) is 0 Å². The molecule has 1 fully saturated rings. The molecule has 0 spiro atoms. The van der Waals surface area contributed by atoms with Crippen molar-refractivity contribution in [3.8, 4) is 0 Å². The molecule has 5 heteroatoms. The molecular formula is C15H25N3OS. The molecule has 2 rings (SSSR count). The number of rotatable bonds is 3. The van der Waals surface area contributed by atoms with Crippen molar-refractivity contribution in [3.63, 3.8) is 0 Å². The van der Waals surface area contributed by atoms with Gasteiger partial charge in [0.15, 0.2) is 0 Å². The van der Waals surface area contributed by atoms with Gasteiger partial charge in [0, 0.05) is 16.8 Å². The molecule has 0 aromatic carbocycles. The minimum absolute atomic E-state index is 0.0440. The van der Waals surface area contributed by atoms with Crippen molar-refractivity contribution in [1.29, 1.82) is 0 Å². The Labute approximate surface area is 125 Å². The van der Waals surface area contributed by atoms with Crippen molar-refractivity contribution in [1.82, 2.24) is 15.6 Å². The van der Waals surface area contributed by atoms with Gasteiger partial charge in [0.05, 0.1) is 11.7 Å². The lowest BCUT2D eigenvalue weighted by Crippen LogP contribution is -2.41. The van der Waals surface area contributed by atoms with Crippen LogP contribution in [0.1, 0.15) is 70.1 Å². The molecule has 0 saturated heterocycles. The predicted octanol–water partition coefficient (Wildman–Crippen LogP) is 3.74. The predicted molar refractivity (Wildman–Crippen MR) is 83.2 cm³/mol. The average molecular weight is 295 g/mol. The second-order valence-corrected chi connectivity index (χ2v) is 7.53. The molecule has 0 bridgehead atoms. The summed E-state index contributed by atoms with van der Waals surface area (Å²) in [6.07, 6.45) is 4.66. The van der Waals surface area contributed by atoms with E-state index in [0.29, 0.717) is 6.04 Å². The molecule has 0 aliphatic heterocycles. The Bertz CT molecular complexity index is 458. The van der Waals surface area contributed by atoms with Crippen molar-refractivity contribution in [2.75, 3.05) is 0 Å². The van der Waals surface area contributed by atoms with E-state index >= 15 is 0 Å². The minimum Gasteiger partial charge on any atom is -0.335 e. The van der Waals surface area contributed by atoms with Gasteiger partial charge in [-0.3, -0.25) is 0 Å². The number of hydrogen-bond donors (Lipinski definition) is 2. The number of carbonyl (C=O) groups excluding carboxylic acids is 1. The van der Waals surface area contributed by atoms with E-state index in [0.717, 1.165) is 23.5 Å². The zero-order valence-corrected chi connectivity index (χ0v) is 13.6. The zero-order chi connectivity index (χ0) is 14.8. The standard InChI is InChI=1S/C15H25N3OS/c1-10(13-18-12(9-20-13)15(2,3)4)16-14(19)17-11-7-5-6-8-11/h9-11H,5-8H2,1-4H3,(H2,16,17,19). The Morgan fingerprint density at radius 2 is 2.05 bits per heavy atom. The van der Waals surface area contributed by atoms with Crippen molar-refractivity contribution in [2.45, 2.75) is 70.9 Å². The molecule has 4 nitrogen and oxygen atoms in total. The highest BCUT2D eigenvalue weighted by Crippen LogP contribution is 2.26. The minimum atomic E-state index is -0.0723. The summed E-state index contributed by atoms with van der Waals surface area (Å²) in [7, 11) is 0. The lowest BCUT2D eigenvalue weighted by atomic mass is 9.93. The molecule has 1 heterocycles. The number of urea groups is 1. The maximum atomic E-state index is 11.9. The van der Waals surface area contributed by atoms with Gasteiger partial charge < -0.3 is 10.6 Å². The lowest BCUT2D eigenvalue weighted by molar-refractivity contribution is 0.234. The van der Waals surface area contributed by atoms with E-state index in [1.165, 1.54) is 12.8 Å². The zero-order valence-electron chi connectivity index (χ0n) is 12.8. The van der Waals surface area contributed by atoms with E-state index in [1.54, 1.807) is 11.3 Å². The number of hydrogen-bond acceptors (Lipinski definition) is 3. The van der Waals surface area contributed by atoms with Gasteiger partial charge in [-0.25, -0.2) is 9.78 Å². The van der Waals surface area contributed by atoms with Crippen LogP contribution in [-0.2, 0) is 5.41 Å². The van der Waals surface area contributed by atoms with E-state index in [4.69, 9.17) is 0 Å². The molecule has 112 valence electrons. The van der Waals surface area contributed by atoms with E-state index in [1.807, 2.05) is 6.92 Å². The van der Waals surface area contributed by atoms with E-state index < -0.39 is 0 Å². The summed E-state index contributed by atoms with van der Waals surface area (Å²) in [6.45, 7) is 8.43. The number of aromatic nitrogens is 1. The maximum absolute atomic E-state index is 11.9. The summed E-state index contributed by atoms with van der Waals surface area (Å²) in [5.41, 5.74) is 1.14. The van der Waals surface area contributed by atoms with E-state index in [2.05, 4.69) is 41.8 Å². The highest BCUT2D eigenvalue weighted by molar-refractivity contribution is 7.09. The fourth-order valence-electron chi connectivity index (χ4n) is 2.39. The third kappa shape index (κ3) is 3.95. The lowest BCUT2D eigenvalue weighted by Gasteiger charge is -2.17. The van der Waals surface area contributed by atoms with Crippen LogP contribution in [0.2, 0.25) is 0 Å². The van der Waals surface area contributed by atoms with Crippen LogP contribution in [0.25, 0.3) is 0 Å². The smallest absolute Gasteiger partial charge is 0.315 e. The molecule has 1 saturated carbocycles. The monoisotopic (exact) mass is 295 g/mol. The third-order valence-electron chi connectivity index (χ3n) is 3.70. The van der Waals surface area contributed by atoms with E-state index in [-0.39, 0.29) is 17.5 Å². The summed E-state index contributed by atoms with van der Waals surface area (Å²) in [4.78, 5) is 16.6. The second kappa shape index (κ2) is 6.12. The van der Waals surface area contributed by atoms with Crippen molar-refractivity contribution in [3.05, 3.63) is 16.1 Å². The normalized spacial score (nSPS) is 18.0. The van der Waals surface area contributed by atoms with Crippen LogP contribution in [0.3, 0.4) is 0 Å². The van der Waals surface area contributed by atoms with Crippen molar-refractivity contribution >= 4 is 17.4 Å². The quantitative estimate of drug-likeness (QED) is 0.892. The Kier molecular flexibility index (Phi) is 4.68. The molecule has 1 aromatic rings. The first-order chi connectivity index (χ1) is 9.36. The van der Waals surface area contributed by atoms with Crippen LogP contribution in [0.15, 0.2) is 5.38 Å². The molecule has 1 aromatic heterocycles. The van der Waals surface area contributed by atoms with Crippen molar-refractivity contribution < 1.29 is 4.79 Å². The number of carbonyl (C=O) groups is 1. The first-order valence-electron chi connectivity index (χ1n) is 7.39. The van der Waals surface area contributed by atoms with Crippen LogP contribution >= 0.6 is 11.3 Å². The number of thiazole rings is 1. The first kappa shape index (κ1) is 15.3. The van der Waals surface area contributed by atoms with Crippen LogP contribution in [0.4, 0.5) is 4.79 Å². The largest absolute Gasteiger partial charge is 0.335 e. The second-order valence-electron chi connectivity index (χ2n) is 6.64. The molecule has 2 amide bonds. The summed E-state index contributed by atoms with van der Waals surface area (Å²) in [6, 6.07) is 0.234. The SMILES string of the molecule is CC(NC(=O)NC1CCCC1)c1nc(C(C)(C)C)cs1. The summed E-state index contributed by atoms with van der Waals surface area (Å²) in [5, 5.41) is 9.08. The number of nitrogens with one attached hydrogen (secondary N) is 2. The van der Waals surface area contributed by atoms with Gasteiger partial charge in [0.1, 0.15) is 5.01 Å². The molecule has 1 atom stereocenters. The van der Waals surface area contributed by atoms with Crippen LogP contribution in [0.5, 0.6) is 0 Å². The fourth-order valence-corrected chi connectivity index (χ4v) is 3.44. The fraction of sp³-hybridized carbons (Fsp3) is 0.733. The molecule has 20 heavy (non-hydrogen) atoms. The Balaban J connectivity index is 1.89. The summed E-state index contributed by atoms with van der Waals surface area (Å²) in [5.74, 6) is 0. The van der Waals surface area contributed by atoms with Gasteiger partial charge in [-0.05, 0) is 19.8 Å². The third-order valence-corrected chi connectivity index (χ3v) is 4.73. The van der Waals surface area contributed by atoms with Gasteiger partial charge in [-0.15, -0.1) is 11.3 Å². The topological polar surface area (TPSA) is 54.0 Å². The highest BCUT2D eigenvalue weighted by Gasteiger charge is 2.21. The maximum Gasteiger partial charge on any atom is 0.315 e. The molecular weight excluding hydrogens is 270 g/mol. The Morgan fingerprint density at radius 3 is 2.60 bits per heavy atom.